The number of carbonyl (C=O) groups excluding carboxylic acids is 1. The molecule has 24 heavy (non-hydrogen) atoms. The second kappa shape index (κ2) is 6.62. The van der Waals surface area contributed by atoms with Gasteiger partial charge in [-0.2, -0.15) is 0 Å². The lowest BCUT2D eigenvalue weighted by Gasteiger charge is -2.06. The van der Waals surface area contributed by atoms with Gasteiger partial charge >= 0.3 is 0 Å². The van der Waals surface area contributed by atoms with E-state index in [1.807, 2.05) is 31.2 Å². The molecule has 0 bridgehead atoms. The molecule has 0 aliphatic carbocycles. The van der Waals surface area contributed by atoms with Crippen molar-refractivity contribution in [2.24, 2.45) is 0 Å². The Morgan fingerprint density at radius 3 is 2.79 bits per heavy atom. The molecule has 0 atom stereocenters. The molecule has 0 saturated heterocycles. The number of carbonyl (C=O) groups is 1. The predicted octanol–water partition coefficient (Wildman–Crippen LogP) is 4.27. The summed E-state index contributed by atoms with van der Waals surface area (Å²) in [7, 11) is 1.60. The van der Waals surface area contributed by atoms with Crippen molar-refractivity contribution in [1.29, 1.82) is 0 Å². The van der Waals surface area contributed by atoms with E-state index in [1.54, 1.807) is 31.4 Å². The topological polar surface area (TPSA) is 44.8 Å². The molecule has 1 heterocycles. The van der Waals surface area contributed by atoms with Crippen LogP contribution in [0.2, 0.25) is 0 Å². The van der Waals surface area contributed by atoms with Crippen molar-refractivity contribution in [3.05, 3.63) is 71.5 Å². The second-order valence-electron chi connectivity index (χ2n) is 5.62. The number of fused-ring (bicyclic) bond motifs is 1. The van der Waals surface area contributed by atoms with Gasteiger partial charge in [0.2, 0.25) is 5.78 Å². The molecule has 4 heteroatoms. The summed E-state index contributed by atoms with van der Waals surface area (Å²) >= 11 is 0. The quantitative estimate of drug-likeness (QED) is 0.609. The van der Waals surface area contributed by atoms with E-state index in [0.717, 1.165) is 16.9 Å². The fourth-order valence-electron chi connectivity index (χ4n) is 2.35. The van der Waals surface area contributed by atoms with Gasteiger partial charge in [-0.1, -0.05) is 18.7 Å². The average molecular weight is 322 g/mol. The Morgan fingerprint density at radius 2 is 2.04 bits per heavy atom. The zero-order valence-corrected chi connectivity index (χ0v) is 13.7. The SMILES string of the molecule is C=C(C)COc1ccc2c(c1)O/C(=C/c1cccc(OC)c1)C2=O. The smallest absolute Gasteiger partial charge is 0.231 e. The van der Waals surface area contributed by atoms with Crippen LogP contribution in [0.25, 0.3) is 6.08 Å². The normalized spacial score (nSPS) is 14.2. The highest BCUT2D eigenvalue weighted by Gasteiger charge is 2.27. The van der Waals surface area contributed by atoms with Gasteiger partial charge in [0.15, 0.2) is 5.76 Å². The molecule has 1 aliphatic heterocycles. The Morgan fingerprint density at radius 1 is 1.21 bits per heavy atom. The van der Waals surface area contributed by atoms with Crippen LogP contribution in [0.1, 0.15) is 22.8 Å². The standard InChI is InChI=1S/C20H18O4/c1-13(2)12-23-16-7-8-17-18(11-16)24-19(20(17)21)10-14-5-4-6-15(9-14)22-3/h4-11H,1,12H2,2-3H3/b19-10+. The van der Waals surface area contributed by atoms with Crippen LogP contribution in [0.15, 0.2) is 60.4 Å². The van der Waals surface area contributed by atoms with E-state index in [4.69, 9.17) is 14.2 Å². The Labute approximate surface area is 141 Å². The summed E-state index contributed by atoms with van der Waals surface area (Å²) < 4.78 is 16.5. The lowest BCUT2D eigenvalue weighted by Crippen LogP contribution is -1.98. The molecule has 2 aromatic carbocycles. The summed E-state index contributed by atoms with van der Waals surface area (Å²) in [6, 6.07) is 12.6. The highest BCUT2D eigenvalue weighted by atomic mass is 16.5. The van der Waals surface area contributed by atoms with Crippen molar-refractivity contribution >= 4 is 11.9 Å². The van der Waals surface area contributed by atoms with Crippen LogP contribution in [0.3, 0.4) is 0 Å². The fourth-order valence-corrected chi connectivity index (χ4v) is 2.35. The molecule has 0 radical (unpaired) electrons. The summed E-state index contributed by atoms with van der Waals surface area (Å²) in [4.78, 5) is 12.5. The maximum Gasteiger partial charge on any atom is 0.231 e. The molecule has 0 saturated carbocycles. The van der Waals surface area contributed by atoms with Crippen LogP contribution in [0.4, 0.5) is 0 Å². The van der Waals surface area contributed by atoms with Crippen molar-refractivity contribution in [2.75, 3.05) is 13.7 Å². The summed E-state index contributed by atoms with van der Waals surface area (Å²) in [6.45, 7) is 6.12. The number of methoxy groups -OCH3 is 1. The van der Waals surface area contributed by atoms with Gasteiger partial charge in [0, 0.05) is 6.07 Å². The van der Waals surface area contributed by atoms with E-state index >= 15 is 0 Å². The third kappa shape index (κ3) is 3.33. The lowest BCUT2D eigenvalue weighted by molar-refractivity contribution is 0.101. The number of hydrogen-bond donors (Lipinski definition) is 0. The van der Waals surface area contributed by atoms with Crippen molar-refractivity contribution in [3.63, 3.8) is 0 Å². The fraction of sp³-hybridized carbons (Fsp3) is 0.150. The van der Waals surface area contributed by atoms with Gasteiger partial charge in [-0.25, -0.2) is 0 Å². The van der Waals surface area contributed by atoms with Gasteiger partial charge in [-0.05, 0) is 48.4 Å². The molecular weight excluding hydrogens is 304 g/mol. The van der Waals surface area contributed by atoms with Crippen molar-refractivity contribution in [2.45, 2.75) is 6.92 Å². The molecule has 4 nitrogen and oxygen atoms in total. The van der Waals surface area contributed by atoms with Crippen molar-refractivity contribution in [3.8, 4) is 17.2 Å². The number of benzene rings is 2. The van der Waals surface area contributed by atoms with Crippen LogP contribution in [-0.2, 0) is 0 Å². The molecular formula is C20H18O4. The third-order valence-corrected chi connectivity index (χ3v) is 3.52. The summed E-state index contributed by atoms with van der Waals surface area (Å²) in [5, 5.41) is 0. The molecule has 3 rings (SSSR count). The van der Waals surface area contributed by atoms with E-state index in [-0.39, 0.29) is 11.5 Å². The van der Waals surface area contributed by atoms with E-state index in [0.29, 0.717) is 23.7 Å². The number of hydrogen-bond acceptors (Lipinski definition) is 4. The van der Waals surface area contributed by atoms with Gasteiger partial charge in [0.05, 0.1) is 12.7 Å². The summed E-state index contributed by atoms with van der Waals surface area (Å²) in [5.41, 5.74) is 2.29. The molecule has 0 spiro atoms. The number of allylic oxidation sites excluding steroid dienone is 1. The Balaban J connectivity index is 1.84. The maximum atomic E-state index is 12.5. The first-order chi connectivity index (χ1) is 11.6. The van der Waals surface area contributed by atoms with Gasteiger partial charge in [-0.15, -0.1) is 0 Å². The maximum absolute atomic E-state index is 12.5. The van der Waals surface area contributed by atoms with Crippen LogP contribution >= 0.6 is 0 Å². The molecule has 1 aliphatic rings. The van der Waals surface area contributed by atoms with E-state index in [9.17, 15) is 4.79 Å². The first-order valence-electron chi connectivity index (χ1n) is 7.56. The van der Waals surface area contributed by atoms with Crippen LogP contribution in [-0.4, -0.2) is 19.5 Å². The van der Waals surface area contributed by atoms with Gasteiger partial charge in [0.25, 0.3) is 0 Å². The average Bonchev–Trinajstić information content (AvgIpc) is 2.88. The molecule has 122 valence electrons. The van der Waals surface area contributed by atoms with Crippen molar-refractivity contribution < 1.29 is 19.0 Å². The highest BCUT2D eigenvalue weighted by Crippen LogP contribution is 2.35. The summed E-state index contributed by atoms with van der Waals surface area (Å²) in [6.07, 6.45) is 1.71. The first kappa shape index (κ1) is 15.9. The lowest BCUT2D eigenvalue weighted by atomic mass is 10.1. The number of ketones is 1. The minimum Gasteiger partial charge on any atom is -0.497 e. The highest BCUT2D eigenvalue weighted by molar-refractivity contribution is 6.14. The largest absolute Gasteiger partial charge is 0.497 e. The van der Waals surface area contributed by atoms with Crippen LogP contribution in [0.5, 0.6) is 17.2 Å². The predicted molar refractivity (Wildman–Crippen MR) is 92.7 cm³/mol. The molecule has 0 N–H and O–H groups in total. The van der Waals surface area contributed by atoms with Gasteiger partial charge in [0.1, 0.15) is 23.9 Å². The van der Waals surface area contributed by atoms with E-state index in [2.05, 4.69) is 6.58 Å². The number of ether oxygens (including phenoxy) is 3. The molecule has 0 unspecified atom stereocenters. The first-order valence-corrected chi connectivity index (χ1v) is 7.56. The van der Waals surface area contributed by atoms with Crippen molar-refractivity contribution in [1.82, 2.24) is 0 Å². The minimum absolute atomic E-state index is 0.140. The van der Waals surface area contributed by atoms with Gasteiger partial charge < -0.3 is 14.2 Å². The molecule has 0 amide bonds. The number of Topliss-reactive ketones (excluding diaryl/α,β-unsaturated/α-hetero) is 1. The van der Waals surface area contributed by atoms with Gasteiger partial charge in [-0.3, -0.25) is 4.79 Å². The third-order valence-electron chi connectivity index (χ3n) is 3.52. The Bertz CT molecular complexity index is 833. The minimum atomic E-state index is -0.140. The Hall–Kier alpha value is -3.01. The number of rotatable bonds is 5. The summed E-state index contributed by atoms with van der Waals surface area (Å²) in [5.74, 6) is 2.03. The van der Waals surface area contributed by atoms with E-state index < -0.39 is 0 Å². The van der Waals surface area contributed by atoms with E-state index in [1.165, 1.54) is 0 Å². The monoisotopic (exact) mass is 322 g/mol. The molecule has 2 aromatic rings. The molecule has 0 aromatic heterocycles. The zero-order chi connectivity index (χ0) is 17.1. The van der Waals surface area contributed by atoms with Crippen LogP contribution < -0.4 is 14.2 Å². The second-order valence-corrected chi connectivity index (χ2v) is 5.62. The Kier molecular flexibility index (Phi) is 4.38. The van der Waals surface area contributed by atoms with Crippen LogP contribution in [0, 0.1) is 0 Å². The molecule has 0 fully saturated rings. The zero-order valence-electron chi connectivity index (χ0n) is 13.7.